The second-order valence-corrected chi connectivity index (χ2v) is 14.8. The third kappa shape index (κ3) is 9.30. The van der Waals surface area contributed by atoms with Crippen LogP contribution >= 0.6 is 23.2 Å². The molecule has 0 radical (unpaired) electrons. The van der Waals surface area contributed by atoms with Crippen molar-refractivity contribution in [1.82, 2.24) is 10.2 Å². The molecule has 4 rings (SSSR count). The molecule has 11 heteroatoms. The zero-order chi connectivity index (χ0) is 35.0. The van der Waals surface area contributed by atoms with Gasteiger partial charge in [-0.2, -0.15) is 0 Å². The van der Waals surface area contributed by atoms with Crippen LogP contribution in [0.1, 0.15) is 36.1 Å². The van der Waals surface area contributed by atoms with E-state index in [0.29, 0.717) is 22.2 Å². The second-order valence-electron chi connectivity index (χ2n) is 12.1. The van der Waals surface area contributed by atoms with E-state index in [4.69, 9.17) is 27.9 Å². The quantitative estimate of drug-likeness (QED) is 0.149. The fourth-order valence-electron chi connectivity index (χ4n) is 5.16. The number of nitrogens with zero attached hydrogens (tertiary/aromatic N) is 2. The van der Waals surface area contributed by atoms with Crippen molar-refractivity contribution in [2.75, 3.05) is 24.5 Å². The Bertz CT molecular complexity index is 1830. The molecule has 1 N–H and O–H groups in total. The number of benzene rings is 4. The SMILES string of the molecule is COc1ccc(C)cc1N(CC(=O)N(Cc1ccc(Cl)c(Cl)c1)[C@@H](Cc1ccccc1)C(=O)NCC(C)C)S(=O)(=O)c1ccc(C)cc1. The highest BCUT2D eigenvalue weighted by atomic mass is 35.5. The molecule has 254 valence electrons. The molecule has 4 aromatic rings. The molecule has 0 aromatic heterocycles. The molecule has 48 heavy (non-hydrogen) atoms. The Hall–Kier alpha value is -4.05. The molecule has 0 heterocycles. The van der Waals surface area contributed by atoms with Gasteiger partial charge in [0, 0.05) is 19.5 Å². The third-order valence-electron chi connectivity index (χ3n) is 7.78. The van der Waals surface area contributed by atoms with Crippen molar-refractivity contribution in [3.63, 3.8) is 0 Å². The molecular formula is C37H41Cl2N3O5S. The van der Waals surface area contributed by atoms with Crippen LogP contribution < -0.4 is 14.4 Å². The highest BCUT2D eigenvalue weighted by Crippen LogP contribution is 2.34. The number of sulfonamides is 1. The maximum absolute atomic E-state index is 14.7. The van der Waals surface area contributed by atoms with Gasteiger partial charge in [0.2, 0.25) is 11.8 Å². The number of aryl methyl sites for hydroxylation is 2. The van der Waals surface area contributed by atoms with Crippen molar-refractivity contribution in [3.8, 4) is 5.75 Å². The van der Waals surface area contributed by atoms with Gasteiger partial charge in [0.05, 0.1) is 27.7 Å². The number of amides is 2. The molecule has 0 aliphatic heterocycles. The first-order valence-corrected chi connectivity index (χ1v) is 17.8. The van der Waals surface area contributed by atoms with Crippen LogP contribution in [-0.2, 0) is 32.6 Å². The lowest BCUT2D eigenvalue weighted by Gasteiger charge is -2.34. The lowest BCUT2D eigenvalue weighted by Crippen LogP contribution is -2.53. The Kier molecular flexibility index (Phi) is 12.5. The number of hydrogen-bond acceptors (Lipinski definition) is 5. The van der Waals surface area contributed by atoms with Gasteiger partial charge in [-0.25, -0.2) is 8.42 Å². The summed E-state index contributed by atoms with van der Waals surface area (Å²) in [5.41, 5.74) is 3.30. The Labute approximate surface area is 293 Å². The Morgan fingerprint density at radius 3 is 2.12 bits per heavy atom. The summed E-state index contributed by atoms with van der Waals surface area (Å²) in [6.07, 6.45) is 0.191. The van der Waals surface area contributed by atoms with Gasteiger partial charge in [0.25, 0.3) is 10.0 Å². The predicted octanol–water partition coefficient (Wildman–Crippen LogP) is 7.23. The number of anilines is 1. The molecule has 0 aliphatic carbocycles. The average Bonchev–Trinajstić information content (AvgIpc) is 3.06. The molecule has 1 atom stereocenters. The van der Waals surface area contributed by atoms with Crippen molar-refractivity contribution < 1.29 is 22.7 Å². The van der Waals surface area contributed by atoms with Crippen molar-refractivity contribution in [3.05, 3.63) is 123 Å². The molecule has 8 nitrogen and oxygen atoms in total. The summed E-state index contributed by atoms with van der Waals surface area (Å²) in [5.74, 6) is -0.520. The number of halogens is 2. The van der Waals surface area contributed by atoms with Crippen LogP contribution in [0.4, 0.5) is 5.69 Å². The maximum Gasteiger partial charge on any atom is 0.264 e. The van der Waals surface area contributed by atoms with Gasteiger partial charge >= 0.3 is 0 Å². The number of methoxy groups -OCH3 is 1. The summed E-state index contributed by atoms with van der Waals surface area (Å²) < 4.78 is 35.4. The van der Waals surface area contributed by atoms with E-state index in [1.54, 1.807) is 48.5 Å². The lowest BCUT2D eigenvalue weighted by atomic mass is 10.0. The molecule has 0 fully saturated rings. The maximum atomic E-state index is 14.7. The van der Waals surface area contributed by atoms with Gasteiger partial charge in [-0.05, 0) is 72.9 Å². The summed E-state index contributed by atoms with van der Waals surface area (Å²) >= 11 is 12.6. The van der Waals surface area contributed by atoms with Gasteiger partial charge in [-0.15, -0.1) is 0 Å². The summed E-state index contributed by atoms with van der Waals surface area (Å²) in [6.45, 7) is 7.40. The first kappa shape index (κ1) is 36.8. The topological polar surface area (TPSA) is 96.0 Å². The summed E-state index contributed by atoms with van der Waals surface area (Å²) in [7, 11) is -2.85. The zero-order valence-corrected chi connectivity index (χ0v) is 30.1. The molecule has 0 bridgehead atoms. The van der Waals surface area contributed by atoms with E-state index in [2.05, 4.69) is 5.32 Å². The first-order chi connectivity index (χ1) is 22.8. The van der Waals surface area contributed by atoms with Crippen LogP contribution in [0.3, 0.4) is 0 Å². The minimum Gasteiger partial charge on any atom is -0.495 e. The third-order valence-corrected chi connectivity index (χ3v) is 10.3. The normalized spacial score (nSPS) is 12.0. The minimum absolute atomic E-state index is 0.0102. The summed E-state index contributed by atoms with van der Waals surface area (Å²) in [4.78, 5) is 30.1. The Morgan fingerprint density at radius 1 is 0.833 bits per heavy atom. The number of nitrogens with one attached hydrogen (secondary N) is 1. The van der Waals surface area contributed by atoms with Crippen LogP contribution in [0.5, 0.6) is 5.75 Å². The number of carbonyl (C=O) groups excluding carboxylic acids is 2. The van der Waals surface area contributed by atoms with E-state index in [9.17, 15) is 18.0 Å². The van der Waals surface area contributed by atoms with Gasteiger partial charge in [0.15, 0.2) is 0 Å². The largest absolute Gasteiger partial charge is 0.495 e. The highest BCUT2D eigenvalue weighted by molar-refractivity contribution is 7.92. The standard InChI is InChI=1S/C37H41Cl2N3O5S/c1-25(2)22-40-37(44)34(21-28-9-7-6-8-10-28)41(23-29-14-17-31(38)32(39)20-29)36(43)24-42(33-19-27(4)13-18-35(33)47-5)48(45,46)30-15-11-26(3)12-16-30/h6-20,25,34H,21-24H2,1-5H3,(H,40,44)/t34-/m0/s1. The average molecular weight is 711 g/mol. The lowest BCUT2D eigenvalue weighted by molar-refractivity contribution is -0.140. The fourth-order valence-corrected chi connectivity index (χ4v) is 6.89. The number of carbonyl (C=O) groups is 2. The van der Waals surface area contributed by atoms with E-state index in [0.717, 1.165) is 21.0 Å². The van der Waals surface area contributed by atoms with Gasteiger partial charge in [-0.1, -0.05) is 97.2 Å². The number of rotatable bonds is 14. The monoisotopic (exact) mass is 709 g/mol. The number of hydrogen-bond donors (Lipinski definition) is 1. The Morgan fingerprint density at radius 2 is 1.50 bits per heavy atom. The Balaban J connectivity index is 1.86. The molecule has 0 aliphatic rings. The molecule has 0 spiro atoms. The smallest absolute Gasteiger partial charge is 0.264 e. The second kappa shape index (κ2) is 16.4. The van der Waals surface area contributed by atoms with E-state index >= 15 is 0 Å². The van der Waals surface area contributed by atoms with E-state index in [-0.39, 0.29) is 41.1 Å². The van der Waals surface area contributed by atoms with Gasteiger partial charge in [-0.3, -0.25) is 13.9 Å². The molecule has 4 aromatic carbocycles. The summed E-state index contributed by atoms with van der Waals surface area (Å²) in [6, 6.07) is 24.9. The van der Waals surface area contributed by atoms with Gasteiger partial charge in [0.1, 0.15) is 18.3 Å². The fraction of sp³-hybridized carbons (Fsp3) is 0.297. The van der Waals surface area contributed by atoms with Crippen LogP contribution in [0.15, 0.2) is 95.9 Å². The van der Waals surface area contributed by atoms with E-state index in [1.165, 1.54) is 24.1 Å². The minimum atomic E-state index is -4.29. The van der Waals surface area contributed by atoms with Crippen molar-refractivity contribution in [1.29, 1.82) is 0 Å². The van der Waals surface area contributed by atoms with Gasteiger partial charge < -0.3 is 15.0 Å². The van der Waals surface area contributed by atoms with Crippen molar-refractivity contribution >= 4 is 50.7 Å². The van der Waals surface area contributed by atoms with E-state index in [1.807, 2.05) is 58.0 Å². The highest BCUT2D eigenvalue weighted by Gasteiger charge is 2.35. The van der Waals surface area contributed by atoms with Crippen LogP contribution in [-0.4, -0.2) is 51.4 Å². The van der Waals surface area contributed by atoms with Crippen molar-refractivity contribution in [2.24, 2.45) is 5.92 Å². The molecule has 0 saturated carbocycles. The predicted molar refractivity (Wildman–Crippen MR) is 192 cm³/mol. The van der Waals surface area contributed by atoms with Crippen molar-refractivity contribution in [2.45, 2.75) is 51.6 Å². The van der Waals surface area contributed by atoms with Crippen LogP contribution in [0.2, 0.25) is 10.0 Å². The molecule has 2 amide bonds. The van der Waals surface area contributed by atoms with Crippen LogP contribution in [0.25, 0.3) is 0 Å². The molecular weight excluding hydrogens is 669 g/mol. The van der Waals surface area contributed by atoms with E-state index < -0.39 is 28.5 Å². The zero-order valence-electron chi connectivity index (χ0n) is 27.7. The molecule has 0 saturated heterocycles. The number of ether oxygens (including phenoxy) is 1. The first-order valence-electron chi connectivity index (χ1n) is 15.6. The van der Waals surface area contributed by atoms with Crippen LogP contribution in [0, 0.1) is 19.8 Å². The molecule has 0 unspecified atom stereocenters. The summed E-state index contributed by atoms with van der Waals surface area (Å²) in [5, 5.41) is 3.62.